The number of nitrogens with zero attached hydrogens (tertiary/aromatic N) is 1. The van der Waals surface area contributed by atoms with Crippen molar-refractivity contribution in [2.45, 2.75) is 32.0 Å². The Bertz CT molecular complexity index is 1320. The highest BCUT2D eigenvalue weighted by Crippen LogP contribution is 2.34. The number of H-pyrrole nitrogens is 1. The highest BCUT2D eigenvalue weighted by Gasteiger charge is 2.42. The summed E-state index contributed by atoms with van der Waals surface area (Å²) in [6.07, 6.45) is 2.19. The van der Waals surface area contributed by atoms with Crippen LogP contribution in [0.2, 0.25) is 5.02 Å². The van der Waals surface area contributed by atoms with Crippen molar-refractivity contribution < 1.29 is 22.0 Å². The highest BCUT2D eigenvalue weighted by atomic mass is 35.5. The van der Waals surface area contributed by atoms with Crippen LogP contribution < -0.4 is 4.72 Å². The first-order chi connectivity index (χ1) is 15.7. The molecule has 1 aliphatic rings. The average molecular weight is 494 g/mol. The van der Waals surface area contributed by atoms with E-state index in [4.69, 9.17) is 11.6 Å². The minimum Gasteiger partial charge on any atom is -0.345 e. The molecule has 174 valence electrons. The molecule has 0 aliphatic heterocycles. The minimum atomic E-state index is -3.74. The van der Waals surface area contributed by atoms with Gasteiger partial charge in [0.2, 0.25) is 10.0 Å². The number of carbonyl (C=O) groups excluding carboxylic acids is 1. The number of allylic oxidation sites excluding steroid dienone is 1. The van der Waals surface area contributed by atoms with E-state index >= 15 is 4.39 Å². The summed E-state index contributed by atoms with van der Waals surface area (Å²) in [6, 6.07) is 7.54. The SMILES string of the molecule is CCCS(=O)(=O)NC1CC=C(F)C(C(=O)c2c[nH]c3ncc(-c4ccc(Cl)cc4)cc23)C1F. The zero-order valence-electron chi connectivity index (χ0n) is 17.7. The van der Waals surface area contributed by atoms with E-state index in [1.54, 1.807) is 43.5 Å². The normalized spacial score (nSPS) is 21.2. The number of aromatic nitrogens is 2. The van der Waals surface area contributed by atoms with Gasteiger partial charge in [-0.1, -0.05) is 36.7 Å². The van der Waals surface area contributed by atoms with Crippen molar-refractivity contribution in [3.8, 4) is 11.1 Å². The molecule has 0 radical (unpaired) electrons. The number of halogens is 3. The van der Waals surface area contributed by atoms with Gasteiger partial charge < -0.3 is 4.98 Å². The molecule has 6 nitrogen and oxygen atoms in total. The highest BCUT2D eigenvalue weighted by molar-refractivity contribution is 7.89. The summed E-state index contributed by atoms with van der Waals surface area (Å²) in [5, 5.41) is 0.990. The summed E-state index contributed by atoms with van der Waals surface area (Å²) in [4.78, 5) is 20.4. The lowest BCUT2D eigenvalue weighted by atomic mass is 9.83. The van der Waals surface area contributed by atoms with Crippen LogP contribution in [0, 0.1) is 5.92 Å². The van der Waals surface area contributed by atoms with Gasteiger partial charge in [-0.2, -0.15) is 0 Å². The summed E-state index contributed by atoms with van der Waals surface area (Å²) in [5.74, 6) is -3.61. The molecule has 0 amide bonds. The Morgan fingerprint density at radius 3 is 2.70 bits per heavy atom. The average Bonchev–Trinajstić information content (AvgIpc) is 3.19. The van der Waals surface area contributed by atoms with Gasteiger partial charge in [0.05, 0.1) is 11.8 Å². The van der Waals surface area contributed by atoms with Gasteiger partial charge in [0, 0.05) is 33.9 Å². The standard InChI is InChI=1S/C23H22ClF2N3O3S/c1-2-9-33(31,32)29-19-8-7-18(25)20(21(19)26)22(30)17-12-28-23-16(17)10-14(11-27-23)13-3-5-15(24)6-4-13/h3-7,10-12,19-21,29H,2,8-9H2,1H3,(H,27,28). The van der Waals surface area contributed by atoms with Crippen molar-refractivity contribution in [2.24, 2.45) is 5.92 Å². The van der Waals surface area contributed by atoms with E-state index < -0.39 is 39.8 Å². The predicted molar refractivity (Wildman–Crippen MR) is 124 cm³/mol. The number of aromatic amines is 1. The van der Waals surface area contributed by atoms with Gasteiger partial charge in [0.1, 0.15) is 23.6 Å². The molecule has 2 N–H and O–H groups in total. The quantitative estimate of drug-likeness (QED) is 0.454. The van der Waals surface area contributed by atoms with Crippen molar-refractivity contribution >= 4 is 38.4 Å². The van der Waals surface area contributed by atoms with Gasteiger partial charge in [0.25, 0.3) is 0 Å². The Labute approximate surface area is 195 Å². The Morgan fingerprint density at radius 1 is 1.27 bits per heavy atom. The number of hydrogen-bond acceptors (Lipinski definition) is 4. The smallest absolute Gasteiger partial charge is 0.211 e. The molecule has 0 saturated heterocycles. The fourth-order valence-corrected chi connectivity index (χ4v) is 5.47. The number of sulfonamides is 1. The van der Waals surface area contributed by atoms with E-state index in [1.807, 2.05) is 0 Å². The van der Waals surface area contributed by atoms with Crippen LogP contribution in [0.4, 0.5) is 8.78 Å². The number of alkyl halides is 1. The largest absolute Gasteiger partial charge is 0.345 e. The molecule has 1 aromatic carbocycles. The molecule has 1 aliphatic carbocycles. The molecular formula is C23H22ClF2N3O3S. The van der Waals surface area contributed by atoms with Gasteiger partial charge in [-0.3, -0.25) is 4.79 Å². The second-order valence-corrected chi connectivity index (χ2v) is 10.3. The van der Waals surface area contributed by atoms with E-state index in [2.05, 4.69) is 14.7 Å². The van der Waals surface area contributed by atoms with Crippen LogP contribution in [-0.4, -0.2) is 42.1 Å². The van der Waals surface area contributed by atoms with E-state index in [1.165, 1.54) is 6.20 Å². The van der Waals surface area contributed by atoms with Crippen molar-refractivity contribution in [1.82, 2.24) is 14.7 Å². The van der Waals surface area contributed by atoms with E-state index in [9.17, 15) is 17.6 Å². The van der Waals surface area contributed by atoms with Crippen molar-refractivity contribution in [2.75, 3.05) is 5.75 Å². The van der Waals surface area contributed by atoms with Crippen LogP contribution in [0.3, 0.4) is 0 Å². The number of carbonyl (C=O) groups is 1. The Kier molecular flexibility index (Phi) is 6.65. The number of hydrogen-bond donors (Lipinski definition) is 2. The second-order valence-electron chi connectivity index (χ2n) is 7.98. The zero-order valence-corrected chi connectivity index (χ0v) is 19.3. The first-order valence-corrected chi connectivity index (χ1v) is 12.5. The van der Waals surface area contributed by atoms with E-state index in [0.717, 1.165) is 11.6 Å². The molecule has 3 unspecified atom stereocenters. The number of ketones is 1. The van der Waals surface area contributed by atoms with E-state index in [-0.39, 0.29) is 17.7 Å². The maximum Gasteiger partial charge on any atom is 0.211 e. The lowest BCUT2D eigenvalue weighted by Gasteiger charge is -2.30. The van der Waals surface area contributed by atoms with Crippen molar-refractivity contribution in [3.63, 3.8) is 0 Å². The summed E-state index contributed by atoms with van der Waals surface area (Å²) >= 11 is 5.94. The third-order valence-electron chi connectivity index (χ3n) is 5.63. The van der Waals surface area contributed by atoms with Gasteiger partial charge >= 0.3 is 0 Å². The Hall–Kier alpha value is -2.62. The van der Waals surface area contributed by atoms with E-state index in [0.29, 0.717) is 28.0 Å². The molecule has 0 saturated carbocycles. The van der Waals surface area contributed by atoms with Gasteiger partial charge in [0.15, 0.2) is 5.78 Å². The molecule has 0 bridgehead atoms. The molecule has 2 heterocycles. The second kappa shape index (κ2) is 9.32. The predicted octanol–water partition coefficient (Wildman–Crippen LogP) is 4.98. The van der Waals surface area contributed by atoms with Crippen LogP contribution in [0.15, 0.2) is 54.6 Å². The molecule has 2 aromatic heterocycles. The van der Waals surface area contributed by atoms with Crippen LogP contribution in [0.25, 0.3) is 22.2 Å². The first kappa shape index (κ1) is 23.5. The zero-order chi connectivity index (χ0) is 23.8. The molecule has 0 spiro atoms. The first-order valence-electron chi connectivity index (χ1n) is 10.5. The molecule has 0 fully saturated rings. The number of rotatable bonds is 7. The fourth-order valence-electron chi connectivity index (χ4n) is 4.00. The lowest BCUT2D eigenvalue weighted by molar-refractivity contribution is 0.0805. The Morgan fingerprint density at radius 2 is 2.00 bits per heavy atom. The molecule has 3 atom stereocenters. The molecule has 10 heteroatoms. The van der Waals surface area contributed by atoms with Crippen molar-refractivity contribution in [3.05, 3.63) is 65.2 Å². The maximum absolute atomic E-state index is 15.3. The Balaban J connectivity index is 1.67. The van der Waals surface area contributed by atoms with Gasteiger partial charge in [-0.25, -0.2) is 26.9 Å². The topological polar surface area (TPSA) is 91.9 Å². The maximum atomic E-state index is 15.3. The summed E-state index contributed by atoms with van der Waals surface area (Å²) < 4.78 is 56.4. The number of nitrogens with one attached hydrogen (secondary N) is 2. The van der Waals surface area contributed by atoms with Crippen LogP contribution in [0.5, 0.6) is 0 Å². The number of fused-ring (bicyclic) bond motifs is 1. The van der Waals surface area contributed by atoms with Crippen molar-refractivity contribution in [1.29, 1.82) is 0 Å². The summed E-state index contributed by atoms with van der Waals surface area (Å²) in [5.41, 5.74) is 1.99. The van der Waals surface area contributed by atoms with Crippen LogP contribution >= 0.6 is 11.6 Å². The summed E-state index contributed by atoms with van der Waals surface area (Å²) in [7, 11) is -3.74. The van der Waals surface area contributed by atoms with Crippen LogP contribution in [0.1, 0.15) is 30.1 Å². The monoisotopic (exact) mass is 493 g/mol. The number of pyridine rings is 1. The van der Waals surface area contributed by atoms with Crippen LogP contribution in [-0.2, 0) is 10.0 Å². The third-order valence-corrected chi connectivity index (χ3v) is 7.49. The number of benzene rings is 1. The number of Topliss-reactive ketones (excluding diaryl/α,β-unsaturated/α-hetero) is 1. The van der Waals surface area contributed by atoms with Gasteiger partial charge in [-0.05, 0) is 36.6 Å². The molecule has 33 heavy (non-hydrogen) atoms. The van der Waals surface area contributed by atoms with Gasteiger partial charge in [-0.15, -0.1) is 0 Å². The molecule has 3 aromatic rings. The molecular weight excluding hydrogens is 472 g/mol. The third kappa shape index (κ3) is 4.85. The lowest BCUT2D eigenvalue weighted by Crippen LogP contribution is -2.48. The summed E-state index contributed by atoms with van der Waals surface area (Å²) in [6.45, 7) is 1.68. The molecule has 4 rings (SSSR count). The minimum absolute atomic E-state index is 0.0848. The fraction of sp³-hybridized carbons (Fsp3) is 0.304.